The Hall–Kier alpha value is -0.980. The van der Waals surface area contributed by atoms with Gasteiger partial charge in [-0.2, -0.15) is 5.10 Å². The molecule has 1 N–H and O–H groups in total. The minimum absolute atomic E-state index is 0.873. The topological polar surface area (TPSA) is 55.2 Å². The second-order valence-electron chi connectivity index (χ2n) is 4.29. The highest BCUT2D eigenvalue weighted by Crippen LogP contribution is 1.94. The minimum Gasteiger partial charge on any atom is -0.379 e. The standard InChI is InChI=1S/C11H21N5O/c1-15-10-13-11(14-15)2-3-12-4-5-16-6-8-17-9-7-16/h10,12H,2-9H2,1H3. The third kappa shape index (κ3) is 4.41. The lowest BCUT2D eigenvalue weighted by molar-refractivity contribution is 0.0385. The Bertz CT molecular complexity index is 321. The molecule has 0 spiro atoms. The summed E-state index contributed by atoms with van der Waals surface area (Å²) in [7, 11) is 1.89. The molecule has 6 nitrogen and oxygen atoms in total. The number of aromatic nitrogens is 3. The molecule has 1 aliphatic rings. The summed E-state index contributed by atoms with van der Waals surface area (Å²) in [5.41, 5.74) is 0. The molecule has 2 heterocycles. The number of nitrogens with zero attached hydrogens (tertiary/aromatic N) is 4. The van der Waals surface area contributed by atoms with E-state index >= 15 is 0 Å². The van der Waals surface area contributed by atoms with Crippen molar-refractivity contribution in [1.29, 1.82) is 0 Å². The number of hydrogen-bond acceptors (Lipinski definition) is 5. The number of hydrogen-bond donors (Lipinski definition) is 1. The summed E-state index contributed by atoms with van der Waals surface area (Å²) in [5.74, 6) is 0.909. The summed E-state index contributed by atoms with van der Waals surface area (Å²) in [6.07, 6.45) is 2.63. The molecular weight excluding hydrogens is 218 g/mol. The molecule has 1 saturated heterocycles. The van der Waals surface area contributed by atoms with E-state index in [1.54, 1.807) is 11.0 Å². The molecule has 1 fully saturated rings. The summed E-state index contributed by atoms with van der Waals surface area (Å²) in [6.45, 7) is 6.92. The molecule has 1 aromatic heterocycles. The van der Waals surface area contributed by atoms with Crippen molar-refractivity contribution in [2.24, 2.45) is 7.05 Å². The van der Waals surface area contributed by atoms with Crippen molar-refractivity contribution in [3.8, 4) is 0 Å². The lowest BCUT2D eigenvalue weighted by Crippen LogP contribution is -2.40. The molecule has 0 saturated carbocycles. The number of ether oxygens (including phenoxy) is 1. The number of aryl methyl sites for hydroxylation is 1. The van der Waals surface area contributed by atoms with Crippen molar-refractivity contribution in [2.75, 3.05) is 45.9 Å². The van der Waals surface area contributed by atoms with Crippen molar-refractivity contribution in [1.82, 2.24) is 25.0 Å². The van der Waals surface area contributed by atoms with E-state index in [0.29, 0.717) is 0 Å². The van der Waals surface area contributed by atoms with Crippen molar-refractivity contribution >= 4 is 0 Å². The Morgan fingerprint density at radius 3 is 2.88 bits per heavy atom. The first-order valence-electron chi connectivity index (χ1n) is 6.20. The molecule has 0 bridgehead atoms. The zero-order valence-electron chi connectivity index (χ0n) is 10.4. The zero-order valence-corrected chi connectivity index (χ0v) is 10.4. The maximum Gasteiger partial charge on any atom is 0.151 e. The van der Waals surface area contributed by atoms with E-state index in [0.717, 1.165) is 58.2 Å². The second kappa shape index (κ2) is 6.68. The predicted octanol–water partition coefficient (Wildman–Crippen LogP) is -0.721. The Morgan fingerprint density at radius 1 is 1.35 bits per heavy atom. The van der Waals surface area contributed by atoms with Gasteiger partial charge >= 0.3 is 0 Å². The summed E-state index contributed by atoms with van der Waals surface area (Å²) >= 11 is 0. The lowest BCUT2D eigenvalue weighted by atomic mass is 10.4. The first-order valence-corrected chi connectivity index (χ1v) is 6.20. The fraction of sp³-hybridized carbons (Fsp3) is 0.818. The van der Waals surface area contributed by atoms with Crippen LogP contribution in [0.4, 0.5) is 0 Å². The summed E-state index contributed by atoms with van der Waals surface area (Å²) in [6, 6.07) is 0. The number of nitrogens with one attached hydrogen (secondary N) is 1. The third-order valence-corrected chi connectivity index (χ3v) is 2.88. The van der Waals surface area contributed by atoms with E-state index in [1.807, 2.05) is 7.05 Å². The molecule has 0 aromatic carbocycles. The Kier molecular flexibility index (Phi) is 4.90. The Balaban J connectivity index is 1.51. The molecular formula is C11H21N5O. The van der Waals surface area contributed by atoms with Gasteiger partial charge in [-0.1, -0.05) is 0 Å². The van der Waals surface area contributed by atoms with Gasteiger partial charge in [0.15, 0.2) is 5.82 Å². The van der Waals surface area contributed by atoms with Crippen LogP contribution < -0.4 is 5.32 Å². The van der Waals surface area contributed by atoms with Gasteiger partial charge in [-0.25, -0.2) is 4.98 Å². The van der Waals surface area contributed by atoms with Gasteiger partial charge in [0.2, 0.25) is 0 Å². The van der Waals surface area contributed by atoms with Crippen LogP contribution in [0.15, 0.2) is 6.33 Å². The Morgan fingerprint density at radius 2 is 2.18 bits per heavy atom. The van der Waals surface area contributed by atoms with Crippen molar-refractivity contribution in [2.45, 2.75) is 6.42 Å². The monoisotopic (exact) mass is 239 g/mol. The van der Waals surface area contributed by atoms with Crippen LogP contribution in [0, 0.1) is 0 Å². The van der Waals surface area contributed by atoms with Gasteiger partial charge in [-0.05, 0) is 0 Å². The van der Waals surface area contributed by atoms with Crippen LogP contribution in [-0.2, 0) is 18.2 Å². The van der Waals surface area contributed by atoms with Crippen molar-refractivity contribution in [3.63, 3.8) is 0 Å². The molecule has 6 heteroatoms. The molecule has 96 valence electrons. The van der Waals surface area contributed by atoms with E-state index in [4.69, 9.17) is 4.74 Å². The molecule has 1 aliphatic heterocycles. The fourth-order valence-electron chi connectivity index (χ4n) is 1.89. The van der Waals surface area contributed by atoms with Crippen LogP contribution >= 0.6 is 0 Å². The fourth-order valence-corrected chi connectivity index (χ4v) is 1.89. The average Bonchev–Trinajstić information content (AvgIpc) is 2.76. The highest BCUT2D eigenvalue weighted by molar-refractivity contribution is 4.81. The number of rotatable bonds is 6. The molecule has 0 unspecified atom stereocenters. The van der Waals surface area contributed by atoms with Crippen LogP contribution in [0.3, 0.4) is 0 Å². The average molecular weight is 239 g/mol. The first kappa shape index (κ1) is 12.5. The molecule has 0 radical (unpaired) electrons. The maximum atomic E-state index is 5.31. The molecule has 17 heavy (non-hydrogen) atoms. The van der Waals surface area contributed by atoms with E-state index in [9.17, 15) is 0 Å². The van der Waals surface area contributed by atoms with E-state index < -0.39 is 0 Å². The first-order chi connectivity index (χ1) is 8.34. The molecule has 0 atom stereocenters. The van der Waals surface area contributed by atoms with Crippen molar-refractivity contribution < 1.29 is 4.74 Å². The predicted molar refractivity (Wildman–Crippen MR) is 64.8 cm³/mol. The van der Waals surface area contributed by atoms with Crippen LogP contribution in [0.1, 0.15) is 5.82 Å². The summed E-state index contributed by atoms with van der Waals surface area (Å²) < 4.78 is 7.05. The SMILES string of the molecule is Cn1cnc(CCNCCN2CCOCC2)n1. The zero-order chi connectivity index (χ0) is 11.9. The highest BCUT2D eigenvalue weighted by atomic mass is 16.5. The summed E-state index contributed by atoms with van der Waals surface area (Å²) in [4.78, 5) is 6.61. The largest absolute Gasteiger partial charge is 0.379 e. The quantitative estimate of drug-likeness (QED) is 0.664. The summed E-state index contributed by atoms with van der Waals surface area (Å²) in [5, 5.41) is 7.66. The van der Waals surface area contributed by atoms with Crippen LogP contribution in [0.5, 0.6) is 0 Å². The highest BCUT2D eigenvalue weighted by Gasteiger charge is 2.08. The smallest absolute Gasteiger partial charge is 0.151 e. The minimum atomic E-state index is 0.873. The van der Waals surface area contributed by atoms with Crippen LogP contribution in [0.2, 0.25) is 0 Å². The van der Waals surface area contributed by atoms with E-state index in [2.05, 4.69) is 20.3 Å². The van der Waals surface area contributed by atoms with Gasteiger partial charge in [0.1, 0.15) is 6.33 Å². The van der Waals surface area contributed by atoms with Gasteiger partial charge in [0.05, 0.1) is 13.2 Å². The normalized spacial score (nSPS) is 17.5. The molecule has 0 aliphatic carbocycles. The second-order valence-corrected chi connectivity index (χ2v) is 4.29. The van der Waals surface area contributed by atoms with Gasteiger partial charge in [-0.15, -0.1) is 0 Å². The molecule has 2 rings (SSSR count). The molecule has 0 amide bonds. The van der Waals surface area contributed by atoms with Crippen molar-refractivity contribution in [3.05, 3.63) is 12.2 Å². The molecule has 1 aromatic rings. The third-order valence-electron chi connectivity index (χ3n) is 2.88. The number of morpholine rings is 1. The van der Waals surface area contributed by atoms with Gasteiger partial charge < -0.3 is 10.1 Å². The Labute approximate surface area is 102 Å². The van der Waals surface area contributed by atoms with Crippen LogP contribution in [0.25, 0.3) is 0 Å². The van der Waals surface area contributed by atoms with E-state index in [1.165, 1.54) is 0 Å². The van der Waals surface area contributed by atoms with E-state index in [-0.39, 0.29) is 0 Å². The maximum absolute atomic E-state index is 5.31. The van der Waals surface area contributed by atoms with Crippen LogP contribution in [-0.4, -0.2) is 65.6 Å². The van der Waals surface area contributed by atoms with Gasteiger partial charge in [-0.3, -0.25) is 9.58 Å². The van der Waals surface area contributed by atoms with Gasteiger partial charge in [0.25, 0.3) is 0 Å². The van der Waals surface area contributed by atoms with Gasteiger partial charge in [0, 0.05) is 46.2 Å². The lowest BCUT2D eigenvalue weighted by Gasteiger charge is -2.26.